The molecule has 104 valence electrons. The molecule has 0 radical (unpaired) electrons. The summed E-state index contributed by atoms with van der Waals surface area (Å²) in [5, 5.41) is 8.31. The van der Waals surface area contributed by atoms with E-state index in [4.69, 9.17) is 5.73 Å². The number of para-hydroxylation sites is 1. The Morgan fingerprint density at radius 3 is 2.70 bits per heavy atom. The summed E-state index contributed by atoms with van der Waals surface area (Å²) in [6.07, 6.45) is 7.26. The molecule has 4 nitrogen and oxygen atoms in total. The van der Waals surface area contributed by atoms with Gasteiger partial charge in [0.15, 0.2) is 0 Å². The minimum atomic E-state index is 0.0560. The molecule has 4 unspecified atom stereocenters. The van der Waals surface area contributed by atoms with E-state index in [0.717, 1.165) is 23.2 Å². The summed E-state index contributed by atoms with van der Waals surface area (Å²) in [5.41, 5.74) is 8.66. The van der Waals surface area contributed by atoms with Gasteiger partial charge >= 0.3 is 0 Å². The van der Waals surface area contributed by atoms with Crippen molar-refractivity contribution in [3.63, 3.8) is 0 Å². The largest absolute Gasteiger partial charge is 0.322 e. The van der Waals surface area contributed by atoms with Gasteiger partial charge in [-0.25, -0.2) is 4.68 Å². The molecular weight excluding hydrogens is 248 g/mol. The lowest BCUT2D eigenvalue weighted by atomic mass is 9.82. The Labute approximate surface area is 119 Å². The number of hydrogen-bond acceptors (Lipinski definition) is 3. The summed E-state index contributed by atoms with van der Waals surface area (Å²) in [6.45, 7) is 0. The summed E-state index contributed by atoms with van der Waals surface area (Å²) in [5.74, 6) is 2.33. The molecule has 4 rings (SSSR count). The highest BCUT2D eigenvalue weighted by molar-refractivity contribution is 5.32. The van der Waals surface area contributed by atoms with E-state index >= 15 is 0 Å². The van der Waals surface area contributed by atoms with E-state index in [0.29, 0.717) is 5.92 Å². The first kappa shape index (κ1) is 12.1. The Kier molecular flexibility index (Phi) is 2.84. The first-order valence-electron chi connectivity index (χ1n) is 7.54. The number of hydrogen-bond donors (Lipinski definition) is 1. The Hall–Kier alpha value is -1.68. The van der Waals surface area contributed by atoms with E-state index in [2.05, 4.69) is 10.3 Å². The van der Waals surface area contributed by atoms with Crippen molar-refractivity contribution in [3.8, 4) is 5.69 Å². The SMILES string of the molecule is NC(c1cnnn1-c1ccccc1)C1CC2CCC1C2. The van der Waals surface area contributed by atoms with Crippen molar-refractivity contribution < 1.29 is 0 Å². The summed E-state index contributed by atoms with van der Waals surface area (Å²) in [7, 11) is 0. The van der Waals surface area contributed by atoms with E-state index in [-0.39, 0.29) is 6.04 Å². The van der Waals surface area contributed by atoms with Crippen molar-refractivity contribution in [2.75, 3.05) is 0 Å². The molecule has 2 aliphatic rings. The molecule has 1 aromatic heterocycles. The lowest BCUT2D eigenvalue weighted by Crippen LogP contribution is -2.28. The van der Waals surface area contributed by atoms with Crippen LogP contribution in [-0.2, 0) is 0 Å². The molecule has 20 heavy (non-hydrogen) atoms. The summed E-state index contributed by atoms with van der Waals surface area (Å²) in [6, 6.07) is 10.2. The first-order chi connectivity index (χ1) is 9.83. The first-order valence-corrected chi connectivity index (χ1v) is 7.54. The Morgan fingerprint density at radius 2 is 2.00 bits per heavy atom. The van der Waals surface area contributed by atoms with Gasteiger partial charge in [0.05, 0.1) is 23.6 Å². The fraction of sp³-hybridized carbons (Fsp3) is 0.500. The van der Waals surface area contributed by atoms with Gasteiger partial charge in [0.25, 0.3) is 0 Å². The fourth-order valence-electron chi connectivity index (χ4n) is 4.19. The van der Waals surface area contributed by atoms with Crippen LogP contribution < -0.4 is 5.73 Å². The maximum atomic E-state index is 6.57. The minimum Gasteiger partial charge on any atom is -0.322 e. The molecule has 2 N–H and O–H groups in total. The maximum absolute atomic E-state index is 6.57. The third kappa shape index (κ3) is 1.86. The molecule has 4 heteroatoms. The quantitative estimate of drug-likeness (QED) is 0.931. The Morgan fingerprint density at radius 1 is 1.15 bits per heavy atom. The average Bonchev–Trinajstić information content (AvgIpc) is 3.23. The third-order valence-electron chi connectivity index (χ3n) is 5.17. The van der Waals surface area contributed by atoms with Gasteiger partial charge in [0.2, 0.25) is 0 Å². The number of nitrogens with zero attached hydrogens (tertiary/aromatic N) is 3. The van der Waals surface area contributed by atoms with Crippen LogP contribution in [0.15, 0.2) is 36.5 Å². The molecule has 2 bridgehead atoms. The second kappa shape index (κ2) is 4.70. The highest BCUT2D eigenvalue weighted by Gasteiger charge is 2.43. The fourth-order valence-corrected chi connectivity index (χ4v) is 4.19. The predicted octanol–water partition coefficient (Wildman–Crippen LogP) is 2.70. The molecule has 0 aliphatic heterocycles. The highest BCUT2D eigenvalue weighted by atomic mass is 15.4. The van der Waals surface area contributed by atoms with Gasteiger partial charge in [0.1, 0.15) is 0 Å². The van der Waals surface area contributed by atoms with E-state index in [1.165, 1.54) is 25.7 Å². The zero-order chi connectivity index (χ0) is 13.5. The van der Waals surface area contributed by atoms with Gasteiger partial charge < -0.3 is 5.73 Å². The second-order valence-electron chi connectivity index (χ2n) is 6.27. The second-order valence-corrected chi connectivity index (χ2v) is 6.27. The molecule has 0 spiro atoms. The van der Waals surface area contributed by atoms with Crippen LogP contribution in [0.2, 0.25) is 0 Å². The van der Waals surface area contributed by atoms with Gasteiger partial charge in [-0.1, -0.05) is 29.8 Å². The van der Waals surface area contributed by atoms with Crippen molar-refractivity contribution >= 4 is 0 Å². The molecule has 2 aliphatic carbocycles. The zero-order valence-electron chi connectivity index (χ0n) is 11.5. The summed E-state index contributed by atoms with van der Waals surface area (Å²) >= 11 is 0. The van der Waals surface area contributed by atoms with E-state index < -0.39 is 0 Å². The standard InChI is InChI=1S/C16H20N4/c17-16(14-9-11-6-7-12(14)8-11)15-10-18-19-20(15)13-4-2-1-3-5-13/h1-5,10-12,14,16H,6-9,17H2. The monoisotopic (exact) mass is 268 g/mol. The van der Waals surface area contributed by atoms with Gasteiger partial charge in [0, 0.05) is 0 Å². The summed E-state index contributed by atoms with van der Waals surface area (Å²) in [4.78, 5) is 0. The topological polar surface area (TPSA) is 56.7 Å². The molecule has 1 aromatic carbocycles. The van der Waals surface area contributed by atoms with Crippen molar-refractivity contribution in [1.29, 1.82) is 0 Å². The van der Waals surface area contributed by atoms with Crippen LogP contribution in [0, 0.1) is 17.8 Å². The smallest absolute Gasteiger partial charge is 0.0815 e. The van der Waals surface area contributed by atoms with Gasteiger partial charge in [-0.15, -0.1) is 5.10 Å². The van der Waals surface area contributed by atoms with Crippen LogP contribution >= 0.6 is 0 Å². The highest BCUT2D eigenvalue weighted by Crippen LogP contribution is 2.51. The average molecular weight is 268 g/mol. The minimum absolute atomic E-state index is 0.0560. The molecule has 0 amide bonds. The van der Waals surface area contributed by atoms with Crippen molar-refractivity contribution in [3.05, 3.63) is 42.2 Å². The van der Waals surface area contributed by atoms with Crippen LogP contribution in [0.3, 0.4) is 0 Å². The molecule has 2 saturated carbocycles. The van der Waals surface area contributed by atoms with Crippen LogP contribution in [-0.4, -0.2) is 15.0 Å². The number of benzene rings is 1. The molecule has 0 saturated heterocycles. The van der Waals surface area contributed by atoms with E-state index in [1.807, 2.05) is 41.2 Å². The maximum Gasteiger partial charge on any atom is 0.0815 e. The van der Waals surface area contributed by atoms with Crippen LogP contribution in [0.5, 0.6) is 0 Å². The Bertz CT molecular complexity index is 592. The molecule has 4 atom stereocenters. The van der Waals surface area contributed by atoms with E-state index in [1.54, 1.807) is 0 Å². The lowest BCUT2D eigenvalue weighted by molar-refractivity contribution is 0.279. The number of fused-ring (bicyclic) bond motifs is 2. The predicted molar refractivity (Wildman–Crippen MR) is 77.2 cm³/mol. The number of aromatic nitrogens is 3. The van der Waals surface area contributed by atoms with E-state index in [9.17, 15) is 0 Å². The number of rotatable bonds is 3. The number of nitrogens with two attached hydrogens (primary N) is 1. The normalized spacial score (nSPS) is 29.8. The summed E-state index contributed by atoms with van der Waals surface area (Å²) < 4.78 is 1.90. The third-order valence-corrected chi connectivity index (χ3v) is 5.17. The lowest BCUT2D eigenvalue weighted by Gasteiger charge is -2.27. The molecule has 2 fully saturated rings. The van der Waals surface area contributed by atoms with Gasteiger partial charge in [-0.3, -0.25) is 0 Å². The Balaban J connectivity index is 1.65. The zero-order valence-corrected chi connectivity index (χ0v) is 11.5. The van der Waals surface area contributed by atoms with Gasteiger partial charge in [-0.05, 0) is 49.1 Å². The van der Waals surface area contributed by atoms with Crippen molar-refractivity contribution in [2.45, 2.75) is 31.7 Å². The van der Waals surface area contributed by atoms with Gasteiger partial charge in [-0.2, -0.15) is 0 Å². The van der Waals surface area contributed by atoms with Crippen LogP contribution in [0.4, 0.5) is 0 Å². The van der Waals surface area contributed by atoms with Crippen molar-refractivity contribution in [1.82, 2.24) is 15.0 Å². The molecule has 2 aromatic rings. The molecular formula is C16H20N4. The molecule has 1 heterocycles. The van der Waals surface area contributed by atoms with Crippen LogP contribution in [0.25, 0.3) is 5.69 Å². The van der Waals surface area contributed by atoms with Crippen molar-refractivity contribution in [2.24, 2.45) is 23.5 Å². The van der Waals surface area contributed by atoms with Crippen LogP contribution in [0.1, 0.15) is 37.4 Å².